The summed E-state index contributed by atoms with van der Waals surface area (Å²) in [5, 5.41) is 4.15. The molecule has 1 aromatic carbocycles. The third-order valence-electron chi connectivity index (χ3n) is 4.25. The van der Waals surface area contributed by atoms with E-state index >= 15 is 0 Å². The van der Waals surface area contributed by atoms with Crippen LogP contribution >= 0.6 is 0 Å². The summed E-state index contributed by atoms with van der Waals surface area (Å²) in [6, 6.07) is 4.22. The van der Waals surface area contributed by atoms with E-state index in [1.54, 1.807) is 18.6 Å². The van der Waals surface area contributed by atoms with Gasteiger partial charge in [-0.1, -0.05) is 11.6 Å². The number of carbonyl (C=O) groups is 1. The molecule has 3 rings (SSSR count). The highest BCUT2D eigenvalue weighted by Gasteiger charge is 2.18. The standard InChI is InChI=1S/C19H22N4O/c1-11-7-12(2)17-16(8-11)14(4)18(23-17)19(24)22-13(3)9-15-10-20-5-6-21-15/h5-8,10,13,23H,9H2,1-4H3,(H,22,24)/t13-/m1/s1. The molecular weight excluding hydrogens is 300 g/mol. The molecule has 0 saturated carbocycles. The Morgan fingerprint density at radius 1 is 1.25 bits per heavy atom. The molecule has 0 bridgehead atoms. The van der Waals surface area contributed by atoms with Crippen molar-refractivity contribution in [2.24, 2.45) is 0 Å². The second-order valence-corrected chi connectivity index (χ2v) is 6.40. The fraction of sp³-hybridized carbons (Fsp3) is 0.316. The largest absolute Gasteiger partial charge is 0.350 e. The van der Waals surface area contributed by atoms with Gasteiger partial charge in [0.15, 0.2) is 0 Å². The van der Waals surface area contributed by atoms with Gasteiger partial charge in [0.25, 0.3) is 5.91 Å². The molecule has 2 heterocycles. The number of hydrogen-bond donors (Lipinski definition) is 2. The summed E-state index contributed by atoms with van der Waals surface area (Å²) >= 11 is 0. The van der Waals surface area contributed by atoms with Crippen molar-refractivity contribution in [1.29, 1.82) is 0 Å². The number of amides is 1. The Bertz CT molecular complexity index is 883. The van der Waals surface area contributed by atoms with Crippen LogP contribution in [0.3, 0.4) is 0 Å². The first-order chi connectivity index (χ1) is 11.5. The maximum absolute atomic E-state index is 12.7. The normalized spacial score (nSPS) is 12.3. The van der Waals surface area contributed by atoms with Crippen molar-refractivity contribution in [3.05, 3.63) is 58.8 Å². The predicted octanol–water partition coefficient (Wildman–Crippen LogP) is 3.24. The Morgan fingerprint density at radius 3 is 2.75 bits per heavy atom. The van der Waals surface area contributed by atoms with Gasteiger partial charge >= 0.3 is 0 Å². The number of H-pyrrole nitrogens is 1. The van der Waals surface area contributed by atoms with Crippen LogP contribution in [0, 0.1) is 20.8 Å². The van der Waals surface area contributed by atoms with Crippen molar-refractivity contribution in [1.82, 2.24) is 20.3 Å². The van der Waals surface area contributed by atoms with Crippen molar-refractivity contribution in [3.8, 4) is 0 Å². The van der Waals surface area contributed by atoms with Crippen molar-refractivity contribution in [2.45, 2.75) is 40.2 Å². The molecule has 0 unspecified atom stereocenters. The molecule has 0 radical (unpaired) electrons. The average Bonchev–Trinajstić information content (AvgIpc) is 2.86. The van der Waals surface area contributed by atoms with Gasteiger partial charge in [0, 0.05) is 42.0 Å². The van der Waals surface area contributed by atoms with Crippen molar-refractivity contribution >= 4 is 16.8 Å². The third kappa shape index (κ3) is 3.15. The molecule has 0 aliphatic rings. The van der Waals surface area contributed by atoms with Gasteiger partial charge in [0.05, 0.1) is 5.69 Å². The van der Waals surface area contributed by atoms with Gasteiger partial charge < -0.3 is 10.3 Å². The van der Waals surface area contributed by atoms with E-state index in [1.807, 2.05) is 13.8 Å². The van der Waals surface area contributed by atoms with E-state index in [4.69, 9.17) is 0 Å². The van der Waals surface area contributed by atoms with Gasteiger partial charge in [-0.2, -0.15) is 0 Å². The number of benzene rings is 1. The Hall–Kier alpha value is -2.69. The highest BCUT2D eigenvalue weighted by Crippen LogP contribution is 2.26. The van der Waals surface area contributed by atoms with E-state index in [0.29, 0.717) is 12.1 Å². The number of carbonyl (C=O) groups excluding carboxylic acids is 1. The van der Waals surface area contributed by atoms with E-state index in [-0.39, 0.29) is 11.9 Å². The van der Waals surface area contributed by atoms with Gasteiger partial charge in [-0.05, 0) is 44.9 Å². The predicted molar refractivity (Wildman–Crippen MR) is 95.2 cm³/mol. The molecule has 0 aliphatic carbocycles. The zero-order valence-electron chi connectivity index (χ0n) is 14.5. The summed E-state index contributed by atoms with van der Waals surface area (Å²) in [7, 11) is 0. The molecule has 5 nitrogen and oxygen atoms in total. The molecule has 0 fully saturated rings. The minimum absolute atomic E-state index is 0.0251. The highest BCUT2D eigenvalue weighted by atomic mass is 16.1. The van der Waals surface area contributed by atoms with Gasteiger partial charge in [0.2, 0.25) is 0 Å². The van der Waals surface area contributed by atoms with E-state index in [0.717, 1.165) is 27.7 Å². The topological polar surface area (TPSA) is 70.7 Å². The lowest BCUT2D eigenvalue weighted by atomic mass is 10.1. The van der Waals surface area contributed by atoms with Gasteiger partial charge in [0.1, 0.15) is 5.69 Å². The molecule has 1 amide bonds. The molecule has 1 atom stereocenters. The fourth-order valence-corrected chi connectivity index (χ4v) is 3.11. The smallest absolute Gasteiger partial charge is 0.268 e. The van der Waals surface area contributed by atoms with Crippen molar-refractivity contribution < 1.29 is 4.79 Å². The maximum Gasteiger partial charge on any atom is 0.268 e. The summed E-state index contributed by atoms with van der Waals surface area (Å²) in [4.78, 5) is 24.2. The monoisotopic (exact) mass is 322 g/mol. The number of rotatable bonds is 4. The summed E-state index contributed by atoms with van der Waals surface area (Å²) in [5.74, 6) is -0.0860. The number of aromatic amines is 1. The third-order valence-corrected chi connectivity index (χ3v) is 4.25. The quantitative estimate of drug-likeness (QED) is 0.774. The van der Waals surface area contributed by atoms with Crippen molar-refractivity contribution in [2.75, 3.05) is 0 Å². The summed E-state index contributed by atoms with van der Waals surface area (Å²) in [5.41, 5.74) is 5.87. The Morgan fingerprint density at radius 2 is 2.04 bits per heavy atom. The van der Waals surface area contributed by atoms with Crippen LogP contribution in [0.1, 0.15) is 39.8 Å². The lowest BCUT2D eigenvalue weighted by molar-refractivity contribution is 0.0935. The molecular formula is C19H22N4O. The summed E-state index contributed by atoms with van der Waals surface area (Å²) in [6.45, 7) is 8.09. The molecule has 0 spiro atoms. The van der Waals surface area contributed by atoms with E-state index in [2.05, 4.69) is 46.2 Å². The minimum Gasteiger partial charge on any atom is -0.350 e. The van der Waals surface area contributed by atoms with Gasteiger partial charge in [-0.3, -0.25) is 14.8 Å². The second kappa shape index (κ2) is 6.43. The molecule has 5 heteroatoms. The van der Waals surface area contributed by atoms with Crippen LogP contribution in [0.4, 0.5) is 0 Å². The van der Waals surface area contributed by atoms with E-state index in [9.17, 15) is 4.79 Å². The Kier molecular flexibility index (Phi) is 4.34. The highest BCUT2D eigenvalue weighted by molar-refractivity contribution is 6.01. The molecule has 24 heavy (non-hydrogen) atoms. The van der Waals surface area contributed by atoms with E-state index < -0.39 is 0 Å². The van der Waals surface area contributed by atoms with Crippen LogP contribution in [0.15, 0.2) is 30.7 Å². The molecule has 3 aromatic rings. The SMILES string of the molecule is Cc1cc(C)c2[nH]c(C(=O)N[C@H](C)Cc3cnccn3)c(C)c2c1. The Balaban J connectivity index is 1.81. The minimum atomic E-state index is -0.0860. The van der Waals surface area contributed by atoms with Crippen LogP contribution in [-0.2, 0) is 6.42 Å². The van der Waals surface area contributed by atoms with Gasteiger partial charge in [-0.15, -0.1) is 0 Å². The molecule has 2 aromatic heterocycles. The number of nitrogens with zero attached hydrogens (tertiary/aromatic N) is 2. The lowest BCUT2D eigenvalue weighted by Crippen LogP contribution is -2.34. The molecule has 0 saturated heterocycles. The summed E-state index contributed by atoms with van der Waals surface area (Å²) < 4.78 is 0. The first-order valence-corrected chi connectivity index (χ1v) is 8.11. The number of aromatic nitrogens is 3. The van der Waals surface area contributed by atoms with Crippen LogP contribution in [0.25, 0.3) is 10.9 Å². The Labute approximate surface area is 141 Å². The van der Waals surface area contributed by atoms with Crippen molar-refractivity contribution in [3.63, 3.8) is 0 Å². The zero-order valence-corrected chi connectivity index (χ0v) is 14.5. The van der Waals surface area contributed by atoms with E-state index in [1.165, 1.54) is 5.56 Å². The van der Waals surface area contributed by atoms with Crippen LogP contribution in [-0.4, -0.2) is 26.9 Å². The summed E-state index contributed by atoms with van der Waals surface area (Å²) in [6.07, 6.45) is 5.68. The number of nitrogens with one attached hydrogen (secondary N) is 2. The molecule has 0 aliphatic heterocycles. The fourth-order valence-electron chi connectivity index (χ4n) is 3.11. The number of fused-ring (bicyclic) bond motifs is 1. The first kappa shape index (κ1) is 16.2. The van der Waals surface area contributed by atoms with Crippen LogP contribution in [0.2, 0.25) is 0 Å². The molecule has 2 N–H and O–H groups in total. The van der Waals surface area contributed by atoms with Crippen LogP contribution < -0.4 is 5.32 Å². The number of hydrogen-bond acceptors (Lipinski definition) is 3. The zero-order chi connectivity index (χ0) is 17.3. The average molecular weight is 322 g/mol. The number of aryl methyl sites for hydroxylation is 3. The maximum atomic E-state index is 12.7. The van der Waals surface area contributed by atoms with Gasteiger partial charge in [-0.25, -0.2) is 0 Å². The first-order valence-electron chi connectivity index (χ1n) is 8.11. The van der Waals surface area contributed by atoms with Crippen LogP contribution in [0.5, 0.6) is 0 Å². The lowest BCUT2D eigenvalue weighted by Gasteiger charge is -2.13. The molecule has 124 valence electrons. The second-order valence-electron chi connectivity index (χ2n) is 6.40.